The first-order valence-corrected chi connectivity index (χ1v) is 23.5. The van der Waals surface area contributed by atoms with Gasteiger partial charge in [0.25, 0.3) is 20.2 Å². The van der Waals surface area contributed by atoms with Gasteiger partial charge in [-0.15, -0.1) is 11.8 Å². The van der Waals surface area contributed by atoms with Crippen LogP contribution in [0.25, 0.3) is 0 Å². The molecule has 1 saturated carbocycles. The van der Waals surface area contributed by atoms with Gasteiger partial charge in [-0.05, 0) is 99.3 Å². The highest BCUT2D eigenvalue weighted by Gasteiger charge is 2.49. The van der Waals surface area contributed by atoms with E-state index < -0.39 is 37.2 Å². The fraction of sp³-hybridized carbons (Fsp3) is 0.489. The maximum atomic E-state index is 12.6. The second-order valence-corrected chi connectivity index (χ2v) is 19.9. The van der Waals surface area contributed by atoms with Crippen molar-refractivity contribution in [2.24, 2.45) is 17.8 Å². The Balaban J connectivity index is 1.02. The molecule has 3 atom stereocenters. The lowest BCUT2D eigenvalue weighted by Crippen LogP contribution is -2.35. The first kappa shape index (κ1) is 44.8. The summed E-state index contributed by atoms with van der Waals surface area (Å²) in [6.07, 6.45) is 15.7. The van der Waals surface area contributed by atoms with Gasteiger partial charge in [0.1, 0.15) is 6.54 Å². The second kappa shape index (κ2) is 18.1. The zero-order chi connectivity index (χ0) is 43.5. The maximum Gasteiger partial charge on any atom is 0.407 e. The largest absolute Gasteiger partial charge is 0.449 e. The van der Waals surface area contributed by atoms with Crippen molar-refractivity contribution in [1.82, 2.24) is 10.6 Å². The van der Waals surface area contributed by atoms with Gasteiger partial charge in [-0.25, -0.2) is 4.79 Å². The Morgan fingerprint density at radius 2 is 1.48 bits per heavy atom. The average Bonchev–Trinajstić information content (AvgIpc) is 3.71. The number of unbranched alkanes of at least 4 members (excludes halogenated alkanes) is 2. The molecule has 2 aliphatic carbocycles. The van der Waals surface area contributed by atoms with Crippen molar-refractivity contribution in [2.45, 2.75) is 99.7 Å². The van der Waals surface area contributed by atoms with Crippen LogP contribution in [0.3, 0.4) is 0 Å². The molecule has 15 heteroatoms. The molecule has 13 nitrogen and oxygen atoms in total. The third kappa shape index (κ3) is 10.1. The summed E-state index contributed by atoms with van der Waals surface area (Å²) in [5, 5.41) is 5.58. The van der Waals surface area contributed by atoms with E-state index in [4.69, 9.17) is 4.74 Å². The molecule has 0 unspecified atom stereocenters. The zero-order valence-corrected chi connectivity index (χ0v) is 36.7. The topological polar surface area (TPSA) is 182 Å². The lowest BCUT2D eigenvalue weighted by atomic mass is 9.81. The SMILES string of the molecule is CN1/C(=C/C=C/C=C/C2=[N+](CCCCCC(=O)NCCNC(=O)OC[C@@H]3[C@@H]4CCC#CCC[C@@H]43)c3ccc(S(=O)(=O)O)cc3C2(C)C)C(C)(C)c2cc(S(=O)(=O)O)ccc21. The number of nitrogens with zero attached hydrogens (tertiary/aromatic N) is 2. The van der Waals surface area contributed by atoms with Gasteiger partial charge >= 0.3 is 6.09 Å². The highest BCUT2D eigenvalue weighted by molar-refractivity contribution is 7.86. The standard InChI is InChI=1S/C45H56N4O9S2/c1-44(2)36-28-31(59(52,53)54)21-23-38(36)48(5)40(44)18-12-8-13-19-41-45(3,4)37-29-32(60(55,56)57)22-24-39(37)49(41)27-15-9-14-20-42(50)46-25-26-47-43(51)58-30-35-33-16-10-6-7-11-17-34(33)35/h8,12-13,18-19,21-24,28-29,33-35H,9-11,14-17,20,25-27,30H2,1-5H3,(H3-,46,47,50,51,52,53,54,55,56,57)/p+1/t33-,34+,35-. The normalized spacial score (nSPS) is 22.1. The van der Waals surface area contributed by atoms with Crippen LogP contribution >= 0.6 is 0 Å². The molecule has 4 aliphatic rings. The molecule has 0 spiro atoms. The molecule has 0 aromatic heterocycles. The van der Waals surface area contributed by atoms with E-state index in [1.807, 2.05) is 70.0 Å². The minimum Gasteiger partial charge on any atom is -0.449 e. The number of anilines is 1. The number of nitrogens with one attached hydrogen (secondary N) is 2. The molecule has 0 saturated heterocycles. The van der Waals surface area contributed by atoms with E-state index in [0.717, 1.165) is 72.4 Å². The number of benzene rings is 2. The Hall–Kier alpha value is -4.75. The highest BCUT2D eigenvalue weighted by Crippen LogP contribution is 2.52. The summed E-state index contributed by atoms with van der Waals surface area (Å²) in [5.41, 5.74) is 3.96. The molecular weight excluding hydrogens is 805 g/mol. The molecule has 1 fully saturated rings. The summed E-state index contributed by atoms with van der Waals surface area (Å²) < 4.78 is 74.9. The van der Waals surface area contributed by atoms with Gasteiger partial charge in [-0.2, -0.15) is 21.4 Å². The first-order valence-electron chi connectivity index (χ1n) is 20.6. The number of ether oxygens (including phenoxy) is 1. The van der Waals surface area contributed by atoms with E-state index in [-0.39, 0.29) is 22.2 Å². The van der Waals surface area contributed by atoms with E-state index in [9.17, 15) is 35.5 Å². The lowest BCUT2D eigenvalue weighted by Gasteiger charge is -2.23. The fourth-order valence-corrected chi connectivity index (χ4v) is 10.1. The van der Waals surface area contributed by atoms with Crippen LogP contribution in [-0.4, -0.2) is 81.5 Å². The minimum atomic E-state index is -4.42. The van der Waals surface area contributed by atoms with Crippen LogP contribution in [0, 0.1) is 29.6 Å². The van der Waals surface area contributed by atoms with Crippen LogP contribution in [0.1, 0.15) is 90.2 Å². The Bertz CT molecular complexity index is 2400. The van der Waals surface area contributed by atoms with E-state index in [1.165, 1.54) is 24.3 Å². The molecule has 4 N–H and O–H groups in total. The van der Waals surface area contributed by atoms with Crippen molar-refractivity contribution < 1.29 is 44.8 Å². The first-order chi connectivity index (χ1) is 28.3. The number of carbonyl (C=O) groups is 2. The van der Waals surface area contributed by atoms with Gasteiger partial charge in [0, 0.05) is 80.3 Å². The molecular formula is C45H57N4O9S2+. The fourth-order valence-electron chi connectivity index (χ4n) is 9.08. The minimum absolute atomic E-state index is 0.0946. The Morgan fingerprint density at radius 1 is 0.850 bits per heavy atom. The van der Waals surface area contributed by atoms with Crippen LogP contribution in [0.4, 0.5) is 16.2 Å². The van der Waals surface area contributed by atoms with Gasteiger partial charge < -0.3 is 20.3 Å². The van der Waals surface area contributed by atoms with Crippen molar-refractivity contribution in [3.8, 4) is 11.8 Å². The molecule has 60 heavy (non-hydrogen) atoms. The van der Waals surface area contributed by atoms with Crippen molar-refractivity contribution in [3.63, 3.8) is 0 Å². The highest BCUT2D eigenvalue weighted by atomic mass is 32.2. The Kier molecular flexibility index (Phi) is 13.5. The summed E-state index contributed by atoms with van der Waals surface area (Å²) in [7, 11) is -6.86. The number of likely N-dealkylation sites (N-methyl/N-ethyl adjacent to an activating group) is 1. The predicted octanol–water partition coefficient (Wildman–Crippen LogP) is 6.82. The molecule has 6 rings (SSSR count). The molecule has 2 aromatic carbocycles. The number of hydrogen-bond donors (Lipinski definition) is 4. The average molecular weight is 862 g/mol. The number of allylic oxidation sites excluding steroid dienone is 6. The summed E-state index contributed by atoms with van der Waals surface area (Å²) in [4.78, 5) is 26.4. The van der Waals surface area contributed by atoms with Crippen molar-refractivity contribution in [1.29, 1.82) is 0 Å². The number of alkyl carbamates (subject to hydrolysis) is 1. The van der Waals surface area contributed by atoms with Crippen LogP contribution in [0.5, 0.6) is 0 Å². The molecule has 2 heterocycles. The summed E-state index contributed by atoms with van der Waals surface area (Å²) in [6.45, 7) is 9.63. The number of hydrogen-bond acceptors (Lipinski definition) is 8. The molecule has 0 radical (unpaired) electrons. The number of fused-ring (bicyclic) bond motifs is 3. The van der Waals surface area contributed by atoms with Crippen molar-refractivity contribution in [2.75, 3.05) is 38.2 Å². The third-order valence-corrected chi connectivity index (χ3v) is 14.1. The zero-order valence-electron chi connectivity index (χ0n) is 35.0. The number of rotatable bonds is 16. The second-order valence-electron chi connectivity index (χ2n) is 17.1. The summed E-state index contributed by atoms with van der Waals surface area (Å²) in [5.74, 6) is 7.92. The van der Waals surface area contributed by atoms with Gasteiger partial charge in [0.05, 0.1) is 21.8 Å². The third-order valence-electron chi connectivity index (χ3n) is 12.4. The van der Waals surface area contributed by atoms with Crippen LogP contribution < -0.4 is 15.5 Å². The van der Waals surface area contributed by atoms with Crippen molar-refractivity contribution >= 4 is 49.3 Å². The van der Waals surface area contributed by atoms with Crippen LogP contribution in [0.15, 0.2) is 82.3 Å². The van der Waals surface area contributed by atoms with Gasteiger partial charge in [-0.1, -0.05) is 32.1 Å². The quantitative estimate of drug-likeness (QED) is 0.0460. The Labute approximate surface area is 354 Å². The number of amides is 2. The monoisotopic (exact) mass is 861 g/mol. The molecule has 2 aliphatic heterocycles. The van der Waals surface area contributed by atoms with Gasteiger partial charge in [0.15, 0.2) is 5.71 Å². The summed E-state index contributed by atoms with van der Waals surface area (Å²) >= 11 is 0. The van der Waals surface area contributed by atoms with E-state index in [2.05, 4.69) is 27.0 Å². The molecule has 0 bridgehead atoms. The van der Waals surface area contributed by atoms with Crippen LogP contribution in [0.2, 0.25) is 0 Å². The molecule has 2 amide bonds. The maximum absolute atomic E-state index is 12.6. The van der Waals surface area contributed by atoms with E-state index in [0.29, 0.717) is 50.3 Å². The van der Waals surface area contributed by atoms with Crippen molar-refractivity contribution in [3.05, 3.63) is 83.6 Å². The predicted molar refractivity (Wildman–Crippen MR) is 231 cm³/mol. The van der Waals surface area contributed by atoms with E-state index >= 15 is 0 Å². The summed E-state index contributed by atoms with van der Waals surface area (Å²) in [6, 6.07) is 9.25. The lowest BCUT2D eigenvalue weighted by molar-refractivity contribution is -0.438. The Morgan fingerprint density at radius 3 is 2.15 bits per heavy atom. The van der Waals surface area contributed by atoms with Gasteiger partial charge in [-0.3, -0.25) is 13.9 Å². The van der Waals surface area contributed by atoms with Crippen LogP contribution in [-0.2, 0) is 40.6 Å². The van der Waals surface area contributed by atoms with Gasteiger partial charge in [0.2, 0.25) is 11.6 Å². The molecule has 322 valence electrons. The molecule has 2 aromatic rings. The van der Waals surface area contributed by atoms with E-state index in [1.54, 1.807) is 12.1 Å². The smallest absolute Gasteiger partial charge is 0.407 e. The number of carbonyl (C=O) groups excluding carboxylic acids is 2.